The molecule has 1 rings (SSSR count). The van der Waals surface area contributed by atoms with Gasteiger partial charge >= 0.3 is 0 Å². The lowest BCUT2D eigenvalue weighted by atomic mass is 9.78. The first kappa shape index (κ1) is 12.7. The number of allylic oxidation sites excluding steroid dienone is 2. The molecule has 88 valence electrons. The second-order valence-corrected chi connectivity index (χ2v) is 5.82. The van der Waals surface area contributed by atoms with Crippen molar-refractivity contribution < 1.29 is 8.78 Å². The Morgan fingerprint density at radius 3 is 2.53 bits per heavy atom. The summed E-state index contributed by atoms with van der Waals surface area (Å²) in [5, 5.41) is 0. The van der Waals surface area contributed by atoms with Crippen LogP contribution in [0.15, 0.2) is 12.2 Å². The largest absolute Gasteiger partial charge is 0.269 e. The fourth-order valence-corrected chi connectivity index (χ4v) is 2.20. The predicted molar refractivity (Wildman–Crippen MR) is 60.1 cm³/mol. The van der Waals surface area contributed by atoms with Gasteiger partial charge < -0.3 is 0 Å². The summed E-state index contributed by atoms with van der Waals surface area (Å²) in [5.74, 6) is -3.08. The van der Waals surface area contributed by atoms with Crippen molar-refractivity contribution in [3.8, 4) is 0 Å². The van der Waals surface area contributed by atoms with E-state index >= 15 is 0 Å². The second-order valence-electron chi connectivity index (χ2n) is 5.82. The molecular weight excluding hydrogens is 194 g/mol. The van der Waals surface area contributed by atoms with Crippen molar-refractivity contribution in [2.45, 2.75) is 58.8 Å². The number of rotatable bonds is 1. The second kappa shape index (κ2) is 4.63. The monoisotopic (exact) mass is 216 g/mol. The molecule has 0 saturated carbocycles. The molecule has 0 radical (unpaired) electrons. The van der Waals surface area contributed by atoms with Crippen LogP contribution >= 0.6 is 0 Å². The van der Waals surface area contributed by atoms with Crippen LogP contribution < -0.4 is 0 Å². The number of hydrogen-bond donors (Lipinski definition) is 0. The molecule has 0 aromatic carbocycles. The van der Waals surface area contributed by atoms with E-state index in [2.05, 4.69) is 0 Å². The molecule has 0 saturated heterocycles. The smallest absolute Gasteiger partial charge is 0.202 e. The molecule has 1 aliphatic carbocycles. The fraction of sp³-hybridized carbons (Fsp3) is 0.846. The van der Waals surface area contributed by atoms with Gasteiger partial charge in [0, 0.05) is 5.92 Å². The molecule has 0 N–H and O–H groups in total. The van der Waals surface area contributed by atoms with E-state index in [1.807, 2.05) is 20.8 Å². The fourth-order valence-electron chi connectivity index (χ4n) is 2.20. The molecule has 2 heteroatoms. The van der Waals surface area contributed by atoms with E-state index in [1.165, 1.54) is 0 Å². The Bertz CT molecular complexity index is 223. The van der Waals surface area contributed by atoms with Crippen LogP contribution in [0.4, 0.5) is 8.78 Å². The SMILES string of the molecule is CC(C)(C)CC1CCCC/C=C\C1(F)F. The first-order chi connectivity index (χ1) is 6.81. The average Bonchev–Trinajstić information content (AvgIpc) is 2.04. The molecular formula is C13H22F2. The number of hydrogen-bond acceptors (Lipinski definition) is 0. The molecule has 0 fully saturated rings. The van der Waals surface area contributed by atoms with Crippen molar-refractivity contribution in [3.63, 3.8) is 0 Å². The Hall–Kier alpha value is -0.400. The minimum absolute atomic E-state index is 0.0128. The molecule has 0 spiro atoms. The van der Waals surface area contributed by atoms with Crippen LogP contribution in [0.2, 0.25) is 0 Å². The topological polar surface area (TPSA) is 0 Å². The van der Waals surface area contributed by atoms with E-state index < -0.39 is 11.8 Å². The molecule has 1 atom stereocenters. The zero-order valence-corrected chi connectivity index (χ0v) is 10.0. The molecule has 0 bridgehead atoms. The Morgan fingerprint density at radius 1 is 1.27 bits per heavy atom. The Labute approximate surface area is 91.8 Å². The first-order valence-corrected chi connectivity index (χ1v) is 5.87. The summed E-state index contributed by atoms with van der Waals surface area (Å²) in [7, 11) is 0. The third kappa shape index (κ3) is 4.31. The van der Waals surface area contributed by atoms with Crippen LogP contribution in [-0.2, 0) is 0 Å². The zero-order chi connectivity index (χ0) is 11.5. The van der Waals surface area contributed by atoms with Crippen LogP contribution in [0.1, 0.15) is 52.9 Å². The van der Waals surface area contributed by atoms with E-state index in [0.29, 0.717) is 12.8 Å². The van der Waals surface area contributed by atoms with E-state index in [4.69, 9.17) is 0 Å². The Morgan fingerprint density at radius 2 is 1.93 bits per heavy atom. The minimum Gasteiger partial charge on any atom is -0.202 e. The quantitative estimate of drug-likeness (QED) is 0.552. The lowest BCUT2D eigenvalue weighted by Gasteiger charge is -2.31. The highest BCUT2D eigenvalue weighted by atomic mass is 19.3. The van der Waals surface area contributed by atoms with Crippen LogP contribution in [0.3, 0.4) is 0 Å². The number of halogens is 2. The van der Waals surface area contributed by atoms with E-state index in [9.17, 15) is 8.78 Å². The molecule has 0 heterocycles. The molecule has 0 aromatic heterocycles. The predicted octanol–water partition coefficient (Wildman–Crippen LogP) is 4.80. The summed E-state index contributed by atoms with van der Waals surface area (Å²) < 4.78 is 27.5. The van der Waals surface area contributed by atoms with Gasteiger partial charge in [-0.3, -0.25) is 0 Å². The highest BCUT2D eigenvalue weighted by Gasteiger charge is 2.38. The zero-order valence-electron chi connectivity index (χ0n) is 10.0. The standard InChI is InChI=1S/C13H22F2/c1-12(2,3)10-11-8-6-4-5-7-9-13(11,14)15/h7,9,11H,4-6,8,10H2,1-3H3/b9-7-. The van der Waals surface area contributed by atoms with Gasteiger partial charge in [-0.05, 0) is 37.2 Å². The van der Waals surface area contributed by atoms with E-state index in [1.54, 1.807) is 6.08 Å². The van der Waals surface area contributed by atoms with Crippen molar-refractivity contribution in [2.24, 2.45) is 11.3 Å². The van der Waals surface area contributed by atoms with Gasteiger partial charge in [0.2, 0.25) is 0 Å². The van der Waals surface area contributed by atoms with Crippen LogP contribution in [0.5, 0.6) is 0 Å². The summed E-state index contributed by atoms with van der Waals surface area (Å²) in [6.07, 6.45) is 6.82. The summed E-state index contributed by atoms with van der Waals surface area (Å²) >= 11 is 0. The molecule has 0 aromatic rings. The maximum atomic E-state index is 13.8. The van der Waals surface area contributed by atoms with Gasteiger partial charge in [-0.25, -0.2) is 8.78 Å². The highest BCUT2D eigenvalue weighted by Crippen LogP contribution is 2.39. The molecule has 15 heavy (non-hydrogen) atoms. The van der Waals surface area contributed by atoms with Crippen molar-refractivity contribution in [1.29, 1.82) is 0 Å². The van der Waals surface area contributed by atoms with Crippen molar-refractivity contribution in [3.05, 3.63) is 12.2 Å². The summed E-state index contributed by atoms with van der Waals surface area (Å²) in [6, 6.07) is 0. The minimum atomic E-state index is -2.60. The maximum Gasteiger partial charge on any atom is 0.269 e. The van der Waals surface area contributed by atoms with Crippen molar-refractivity contribution >= 4 is 0 Å². The average molecular weight is 216 g/mol. The van der Waals surface area contributed by atoms with Crippen LogP contribution in [0.25, 0.3) is 0 Å². The van der Waals surface area contributed by atoms with Crippen molar-refractivity contribution in [2.75, 3.05) is 0 Å². The molecule has 0 aliphatic heterocycles. The highest BCUT2D eigenvalue weighted by molar-refractivity contribution is 5.00. The van der Waals surface area contributed by atoms with Gasteiger partial charge in [0.1, 0.15) is 0 Å². The lowest BCUT2D eigenvalue weighted by molar-refractivity contribution is -0.0313. The van der Waals surface area contributed by atoms with Gasteiger partial charge in [0.05, 0.1) is 0 Å². The summed E-state index contributed by atoms with van der Waals surface area (Å²) in [4.78, 5) is 0. The maximum absolute atomic E-state index is 13.8. The molecule has 0 amide bonds. The first-order valence-electron chi connectivity index (χ1n) is 5.87. The van der Waals surface area contributed by atoms with E-state index in [-0.39, 0.29) is 5.41 Å². The van der Waals surface area contributed by atoms with Gasteiger partial charge in [-0.2, -0.15) is 0 Å². The van der Waals surface area contributed by atoms with Crippen LogP contribution in [0, 0.1) is 11.3 Å². The van der Waals surface area contributed by atoms with Crippen LogP contribution in [-0.4, -0.2) is 5.92 Å². The van der Waals surface area contributed by atoms with Gasteiger partial charge in [0.15, 0.2) is 0 Å². The number of alkyl halides is 2. The van der Waals surface area contributed by atoms with Gasteiger partial charge in [0.25, 0.3) is 5.92 Å². The molecule has 1 aliphatic rings. The lowest BCUT2D eigenvalue weighted by Crippen LogP contribution is -2.30. The van der Waals surface area contributed by atoms with E-state index in [0.717, 1.165) is 25.3 Å². The van der Waals surface area contributed by atoms with Gasteiger partial charge in [-0.1, -0.05) is 33.3 Å². The van der Waals surface area contributed by atoms with Gasteiger partial charge in [-0.15, -0.1) is 0 Å². The normalized spacial score (nSPS) is 29.3. The Balaban J connectivity index is 2.73. The molecule has 1 unspecified atom stereocenters. The Kier molecular flexibility index (Phi) is 3.91. The molecule has 0 nitrogen and oxygen atoms in total. The van der Waals surface area contributed by atoms with Crippen molar-refractivity contribution in [1.82, 2.24) is 0 Å². The third-order valence-corrected chi connectivity index (χ3v) is 2.92. The summed E-state index contributed by atoms with van der Waals surface area (Å²) in [5.41, 5.74) is -0.0128. The summed E-state index contributed by atoms with van der Waals surface area (Å²) in [6.45, 7) is 6.10. The third-order valence-electron chi connectivity index (χ3n) is 2.92.